The summed E-state index contributed by atoms with van der Waals surface area (Å²) in [6.45, 7) is 3.81. The summed E-state index contributed by atoms with van der Waals surface area (Å²) in [5.74, 6) is -0.669. The Kier molecular flexibility index (Phi) is 5.75. The molecule has 7 nitrogen and oxygen atoms in total. The number of amides is 1. The minimum Gasteiger partial charge on any atom is -0.394 e. The predicted octanol–water partition coefficient (Wildman–Crippen LogP) is 4.33. The highest BCUT2D eigenvalue weighted by atomic mass is 35.5. The Morgan fingerprint density at radius 2 is 2.06 bits per heavy atom. The first-order valence-electron chi connectivity index (χ1n) is 9.77. The Labute approximate surface area is 182 Å². The highest BCUT2D eigenvalue weighted by Gasteiger charge is 2.19. The van der Waals surface area contributed by atoms with Gasteiger partial charge in [-0.3, -0.25) is 9.89 Å². The van der Waals surface area contributed by atoms with Gasteiger partial charge in [-0.2, -0.15) is 5.10 Å². The molecule has 0 radical (unpaired) electrons. The third-order valence-corrected chi connectivity index (χ3v) is 5.43. The van der Waals surface area contributed by atoms with Crippen LogP contribution in [0.5, 0.6) is 0 Å². The number of carbonyl (C=O) groups is 1. The zero-order valence-electron chi connectivity index (χ0n) is 16.9. The number of nitrogens with zero attached hydrogens (tertiary/aromatic N) is 2. The number of hydrogen-bond donors (Lipinski definition) is 4. The second-order valence-electron chi connectivity index (χ2n) is 7.58. The van der Waals surface area contributed by atoms with E-state index in [1.807, 2.05) is 12.3 Å². The molecule has 0 bridgehead atoms. The van der Waals surface area contributed by atoms with Crippen LogP contribution in [0.3, 0.4) is 0 Å². The number of benzene rings is 1. The molecule has 3 heterocycles. The molecule has 0 spiro atoms. The number of carbonyl (C=O) groups excluding carboxylic acids is 1. The van der Waals surface area contributed by atoms with E-state index in [-0.39, 0.29) is 11.6 Å². The molecule has 4 N–H and O–H groups in total. The molecule has 0 saturated heterocycles. The molecule has 4 aromatic rings. The van der Waals surface area contributed by atoms with Crippen molar-refractivity contribution in [2.24, 2.45) is 0 Å². The third-order valence-electron chi connectivity index (χ3n) is 5.14. The van der Waals surface area contributed by atoms with Crippen LogP contribution >= 0.6 is 11.6 Å². The van der Waals surface area contributed by atoms with Crippen LogP contribution < -0.4 is 5.32 Å². The maximum Gasteiger partial charge on any atom is 0.268 e. The van der Waals surface area contributed by atoms with Crippen LogP contribution in [-0.2, 0) is 0 Å². The van der Waals surface area contributed by atoms with Gasteiger partial charge in [-0.15, -0.1) is 0 Å². The number of nitrogens with one attached hydrogen (secondary N) is 3. The van der Waals surface area contributed by atoms with Crippen molar-refractivity contribution >= 4 is 28.5 Å². The summed E-state index contributed by atoms with van der Waals surface area (Å²) >= 11 is 5.82. The van der Waals surface area contributed by atoms with Crippen molar-refractivity contribution in [1.82, 2.24) is 25.5 Å². The normalized spacial score (nSPS) is 12.5. The van der Waals surface area contributed by atoms with Gasteiger partial charge in [0.2, 0.25) is 0 Å². The SMILES string of the molecule is CC(C)c1cnc2[nH]nc(-c3c[nH]c(C(=O)N[C@H](CO)c4ccc(F)c(Cl)c4)c3)c2c1. The molecule has 160 valence electrons. The highest BCUT2D eigenvalue weighted by molar-refractivity contribution is 6.30. The van der Waals surface area contributed by atoms with Gasteiger partial charge in [-0.05, 0) is 41.3 Å². The number of hydrogen-bond acceptors (Lipinski definition) is 4. The first kappa shape index (κ1) is 21.0. The second kappa shape index (κ2) is 8.49. The summed E-state index contributed by atoms with van der Waals surface area (Å²) in [6.07, 6.45) is 3.51. The van der Waals surface area contributed by atoms with Crippen LogP contribution in [0, 0.1) is 5.82 Å². The van der Waals surface area contributed by atoms with Gasteiger partial charge < -0.3 is 15.4 Å². The minimum atomic E-state index is -0.735. The molecule has 0 aliphatic heterocycles. The molecule has 0 aliphatic rings. The third kappa shape index (κ3) is 4.17. The van der Waals surface area contributed by atoms with Gasteiger partial charge >= 0.3 is 0 Å². The fourth-order valence-corrected chi connectivity index (χ4v) is 3.51. The topological polar surface area (TPSA) is 107 Å². The van der Waals surface area contributed by atoms with Crippen molar-refractivity contribution in [2.75, 3.05) is 6.61 Å². The van der Waals surface area contributed by atoms with Crippen LogP contribution in [0.1, 0.15) is 47.4 Å². The zero-order chi connectivity index (χ0) is 22.1. The van der Waals surface area contributed by atoms with Gasteiger partial charge in [-0.1, -0.05) is 31.5 Å². The van der Waals surface area contributed by atoms with Gasteiger partial charge in [0.1, 0.15) is 17.2 Å². The maximum atomic E-state index is 13.4. The molecule has 3 aromatic heterocycles. The lowest BCUT2D eigenvalue weighted by molar-refractivity contribution is 0.0911. The number of rotatable bonds is 6. The summed E-state index contributed by atoms with van der Waals surface area (Å²) < 4.78 is 13.4. The molecule has 9 heteroatoms. The molecule has 0 saturated carbocycles. The van der Waals surface area contributed by atoms with Gasteiger partial charge in [0, 0.05) is 23.3 Å². The van der Waals surface area contributed by atoms with Crippen LogP contribution in [0.15, 0.2) is 42.7 Å². The van der Waals surface area contributed by atoms with E-state index >= 15 is 0 Å². The van der Waals surface area contributed by atoms with Crippen molar-refractivity contribution in [2.45, 2.75) is 25.8 Å². The van der Waals surface area contributed by atoms with Crippen LogP contribution in [0.25, 0.3) is 22.3 Å². The van der Waals surface area contributed by atoms with Crippen LogP contribution in [-0.4, -0.2) is 37.8 Å². The quantitative estimate of drug-likeness (QED) is 0.357. The average Bonchev–Trinajstić information content (AvgIpc) is 3.40. The first-order valence-corrected chi connectivity index (χ1v) is 10.1. The molecule has 1 atom stereocenters. The Balaban J connectivity index is 1.58. The standard InChI is InChI=1S/C22H21ClFN5O2/c1-11(2)13-5-15-20(28-29-21(15)26-8-13)14-7-18(25-9-14)22(31)27-19(10-30)12-3-4-17(24)16(23)6-12/h3-9,11,19,25,30H,10H2,1-2H3,(H,27,31)(H,26,28,29)/t19-/m1/s1. The maximum absolute atomic E-state index is 13.4. The van der Waals surface area contributed by atoms with E-state index in [0.717, 1.165) is 16.5 Å². The fourth-order valence-electron chi connectivity index (χ4n) is 3.32. The zero-order valence-corrected chi connectivity index (χ0v) is 17.7. The Hall–Kier alpha value is -3.23. The van der Waals surface area contributed by atoms with Gasteiger partial charge in [0.05, 0.1) is 17.7 Å². The lowest BCUT2D eigenvalue weighted by Crippen LogP contribution is -2.31. The second-order valence-corrected chi connectivity index (χ2v) is 7.98. The number of aromatic amines is 2. The van der Waals surface area contributed by atoms with Gasteiger partial charge in [0.15, 0.2) is 5.65 Å². The average molecular weight is 442 g/mol. The summed E-state index contributed by atoms with van der Waals surface area (Å²) in [7, 11) is 0. The fraction of sp³-hybridized carbons (Fsp3) is 0.227. The number of aromatic nitrogens is 4. The highest BCUT2D eigenvalue weighted by Crippen LogP contribution is 2.28. The van der Waals surface area contributed by atoms with E-state index < -0.39 is 17.8 Å². The molecule has 0 aliphatic carbocycles. The van der Waals surface area contributed by atoms with E-state index in [1.54, 1.807) is 12.3 Å². The first-order chi connectivity index (χ1) is 14.9. The molecular formula is C22H21ClFN5O2. The number of pyridine rings is 1. The van der Waals surface area contributed by atoms with Crippen molar-refractivity contribution in [1.29, 1.82) is 0 Å². The lowest BCUT2D eigenvalue weighted by atomic mass is 10.0. The van der Waals surface area contributed by atoms with E-state index in [0.29, 0.717) is 28.5 Å². The number of aliphatic hydroxyl groups is 1. The van der Waals surface area contributed by atoms with E-state index in [9.17, 15) is 14.3 Å². The van der Waals surface area contributed by atoms with Crippen molar-refractivity contribution < 1.29 is 14.3 Å². The van der Waals surface area contributed by atoms with Crippen LogP contribution in [0.2, 0.25) is 5.02 Å². The van der Waals surface area contributed by atoms with Crippen LogP contribution in [0.4, 0.5) is 4.39 Å². The Bertz CT molecular complexity index is 1250. The smallest absolute Gasteiger partial charge is 0.268 e. The molecule has 4 rings (SSSR count). The Morgan fingerprint density at radius 1 is 1.26 bits per heavy atom. The van der Waals surface area contributed by atoms with E-state index in [2.05, 4.69) is 39.3 Å². The molecular weight excluding hydrogens is 421 g/mol. The predicted molar refractivity (Wildman–Crippen MR) is 116 cm³/mol. The monoisotopic (exact) mass is 441 g/mol. The molecule has 0 fully saturated rings. The van der Waals surface area contributed by atoms with Crippen molar-refractivity contribution in [3.63, 3.8) is 0 Å². The molecule has 0 unspecified atom stereocenters. The number of H-pyrrole nitrogens is 2. The Morgan fingerprint density at radius 3 is 2.77 bits per heavy atom. The molecule has 31 heavy (non-hydrogen) atoms. The number of aliphatic hydroxyl groups excluding tert-OH is 1. The summed E-state index contributed by atoms with van der Waals surface area (Å²) in [6, 6.07) is 7.03. The van der Waals surface area contributed by atoms with Crippen molar-refractivity contribution in [3.8, 4) is 11.3 Å². The minimum absolute atomic E-state index is 0.0767. The van der Waals surface area contributed by atoms with Gasteiger partial charge in [-0.25, -0.2) is 9.37 Å². The van der Waals surface area contributed by atoms with Crippen molar-refractivity contribution in [3.05, 3.63) is 70.4 Å². The van der Waals surface area contributed by atoms with E-state index in [1.165, 1.54) is 18.2 Å². The van der Waals surface area contributed by atoms with Gasteiger partial charge in [0.25, 0.3) is 5.91 Å². The number of fused-ring (bicyclic) bond motifs is 1. The summed E-state index contributed by atoms with van der Waals surface area (Å²) in [5.41, 5.74) is 3.96. The molecule has 1 amide bonds. The summed E-state index contributed by atoms with van der Waals surface area (Å²) in [4.78, 5) is 20.1. The van der Waals surface area contributed by atoms with E-state index in [4.69, 9.17) is 11.6 Å². The molecule has 1 aromatic carbocycles. The number of halogens is 2. The largest absolute Gasteiger partial charge is 0.394 e. The lowest BCUT2D eigenvalue weighted by Gasteiger charge is -2.16. The summed E-state index contributed by atoms with van der Waals surface area (Å²) in [5, 5.41) is 20.5.